The highest BCUT2D eigenvalue weighted by Gasteiger charge is 2.24. The molecule has 104 valence electrons. The molecule has 20 heavy (non-hydrogen) atoms. The summed E-state index contributed by atoms with van der Waals surface area (Å²) in [6.45, 7) is 2.86. The zero-order valence-electron chi connectivity index (χ0n) is 11.1. The van der Waals surface area contributed by atoms with Crippen LogP contribution in [0.25, 0.3) is 0 Å². The number of nitrogens with one attached hydrogen (secondary N) is 2. The molecule has 1 unspecified atom stereocenters. The third kappa shape index (κ3) is 2.67. The van der Waals surface area contributed by atoms with E-state index in [2.05, 4.69) is 25.8 Å². The van der Waals surface area contributed by atoms with E-state index in [1.54, 1.807) is 12.3 Å². The highest BCUT2D eigenvalue weighted by molar-refractivity contribution is 6.00. The molecule has 0 saturated carbocycles. The maximum atomic E-state index is 12.0. The van der Waals surface area contributed by atoms with E-state index >= 15 is 0 Å². The molecular formula is C13H15N5O2. The molecule has 0 aliphatic carbocycles. The minimum atomic E-state index is -0.422. The maximum absolute atomic E-state index is 12.0. The lowest BCUT2D eigenvalue weighted by atomic mass is 10.2. The van der Waals surface area contributed by atoms with Crippen LogP contribution in [0.3, 0.4) is 0 Å². The summed E-state index contributed by atoms with van der Waals surface area (Å²) in [5.74, 6) is 0.529. The number of hydrogen-bond donors (Lipinski definition) is 2. The number of rotatable bonds is 3. The van der Waals surface area contributed by atoms with Crippen LogP contribution in [0, 0.1) is 6.92 Å². The Labute approximate surface area is 115 Å². The van der Waals surface area contributed by atoms with Crippen LogP contribution in [0.5, 0.6) is 0 Å². The first-order valence-corrected chi connectivity index (χ1v) is 6.53. The van der Waals surface area contributed by atoms with Gasteiger partial charge in [-0.05, 0) is 37.9 Å². The summed E-state index contributed by atoms with van der Waals surface area (Å²) < 4.78 is 5.12. The third-order valence-electron chi connectivity index (χ3n) is 3.16. The summed E-state index contributed by atoms with van der Waals surface area (Å²) in [5.41, 5.74) is 1.03. The zero-order valence-corrected chi connectivity index (χ0v) is 11.1. The molecule has 0 spiro atoms. The molecule has 1 amide bonds. The predicted octanol–water partition coefficient (Wildman–Crippen LogP) is 1.45. The molecule has 1 fully saturated rings. The van der Waals surface area contributed by atoms with Gasteiger partial charge in [0.2, 0.25) is 5.89 Å². The normalized spacial score (nSPS) is 18.1. The number of anilines is 1. The lowest BCUT2D eigenvalue weighted by Gasteiger charge is -2.02. The summed E-state index contributed by atoms with van der Waals surface area (Å²) in [4.78, 5) is 20.2. The van der Waals surface area contributed by atoms with E-state index in [0.29, 0.717) is 11.7 Å². The van der Waals surface area contributed by atoms with E-state index in [1.165, 1.54) is 0 Å². The van der Waals surface area contributed by atoms with Crippen LogP contribution in [0.4, 0.5) is 5.82 Å². The van der Waals surface area contributed by atoms with E-state index in [9.17, 15) is 4.79 Å². The van der Waals surface area contributed by atoms with Gasteiger partial charge in [0.15, 0.2) is 0 Å². The Morgan fingerprint density at radius 3 is 3.10 bits per heavy atom. The van der Waals surface area contributed by atoms with Crippen LogP contribution < -0.4 is 10.6 Å². The van der Waals surface area contributed by atoms with Gasteiger partial charge in [0.25, 0.3) is 11.7 Å². The minimum absolute atomic E-state index is 0.0241. The van der Waals surface area contributed by atoms with Crippen molar-refractivity contribution in [1.82, 2.24) is 20.4 Å². The van der Waals surface area contributed by atoms with Crippen molar-refractivity contribution in [2.75, 3.05) is 11.9 Å². The summed E-state index contributed by atoms with van der Waals surface area (Å²) in [5, 5.41) is 9.58. The zero-order chi connectivity index (χ0) is 13.9. The summed E-state index contributed by atoms with van der Waals surface area (Å²) in [6, 6.07) is 3.65. The smallest absolute Gasteiger partial charge is 0.298 e. The lowest BCUT2D eigenvalue weighted by molar-refractivity contribution is 0.101. The van der Waals surface area contributed by atoms with Gasteiger partial charge < -0.3 is 15.2 Å². The molecule has 2 N–H and O–H groups in total. The molecular weight excluding hydrogens is 258 g/mol. The van der Waals surface area contributed by atoms with Gasteiger partial charge in [-0.1, -0.05) is 11.2 Å². The van der Waals surface area contributed by atoms with E-state index in [1.807, 2.05) is 13.0 Å². The number of aromatic nitrogens is 3. The fourth-order valence-corrected chi connectivity index (χ4v) is 2.08. The van der Waals surface area contributed by atoms with Crippen molar-refractivity contribution in [3.05, 3.63) is 35.6 Å². The molecule has 7 heteroatoms. The van der Waals surface area contributed by atoms with Gasteiger partial charge in [0.1, 0.15) is 5.82 Å². The van der Waals surface area contributed by atoms with Gasteiger partial charge in [0.05, 0.1) is 6.04 Å². The fraction of sp³-hybridized carbons (Fsp3) is 0.385. The van der Waals surface area contributed by atoms with Crippen molar-refractivity contribution in [2.45, 2.75) is 25.8 Å². The lowest BCUT2D eigenvalue weighted by Crippen LogP contribution is -2.16. The second kappa shape index (κ2) is 5.38. The second-order valence-corrected chi connectivity index (χ2v) is 4.78. The van der Waals surface area contributed by atoms with E-state index in [-0.39, 0.29) is 11.9 Å². The first kappa shape index (κ1) is 12.7. The van der Waals surface area contributed by atoms with Crippen molar-refractivity contribution in [1.29, 1.82) is 0 Å². The number of aryl methyl sites for hydroxylation is 1. The number of nitrogens with zero attached hydrogens (tertiary/aromatic N) is 3. The molecule has 2 aromatic rings. The van der Waals surface area contributed by atoms with Gasteiger partial charge in [-0.15, -0.1) is 0 Å². The molecule has 3 rings (SSSR count). The fourth-order valence-electron chi connectivity index (χ4n) is 2.08. The Morgan fingerprint density at radius 2 is 2.40 bits per heavy atom. The Kier molecular flexibility index (Phi) is 3.42. The third-order valence-corrected chi connectivity index (χ3v) is 3.16. The first-order valence-electron chi connectivity index (χ1n) is 6.53. The number of hydrogen-bond acceptors (Lipinski definition) is 6. The number of carbonyl (C=O) groups is 1. The Morgan fingerprint density at radius 1 is 1.50 bits per heavy atom. The second-order valence-electron chi connectivity index (χ2n) is 4.78. The van der Waals surface area contributed by atoms with Gasteiger partial charge in [-0.3, -0.25) is 4.79 Å². The van der Waals surface area contributed by atoms with Crippen molar-refractivity contribution in [3.63, 3.8) is 0 Å². The Balaban J connectivity index is 1.69. The molecule has 1 saturated heterocycles. The average molecular weight is 273 g/mol. The van der Waals surface area contributed by atoms with E-state index in [4.69, 9.17) is 4.52 Å². The maximum Gasteiger partial charge on any atom is 0.298 e. The first-order chi connectivity index (χ1) is 9.72. The van der Waals surface area contributed by atoms with Gasteiger partial charge >= 0.3 is 0 Å². The van der Waals surface area contributed by atoms with Gasteiger partial charge in [-0.2, -0.15) is 4.98 Å². The Bertz CT molecular complexity index is 601. The summed E-state index contributed by atoms with van der Waals surface area (Å²) >= 11 is 0. The topological polar surface area (TPSA) is 92.9 Å². The quantitative estimate of drug-likeness (QED) is 0.879. The van der Waals surface area contributed by atoms with E-state index < -0.39 is 5.91 Å². The molecule has 0 radical (unpaired) electrons. The highest BCUT2D eigenvalue weighted by Crippen LogP contribution is 2.21. The number of carbonyl (C=O) groups excluding carboxylic acids is 1. The van der Waals surface area contributed by atoms with Crippen LogP contribution in [-0.2, 0) is 0 Å². The highest BCUT2D eigenvalue weighted by atomic mass is 16.5. The molecule has 0 aromatic carbocycles. The van der Waals surface area contributed by atoms with Gasteiger partial charge in [0, 0.05) is 6.20 Å². The van der Waals surface area contributed by atoms with Crippen LogP contribution >= 0.6 is 0 Å². The van der Waals surface area contributed by atoms with Gasteiger partial charge in [-0.25, -0.2) is 4.98 Å². The largest absolute Gasteiger partial charge is 0.337 e. The summed E-state index contributed by atoms with van der Waals surface area (Å²) in [7, 11) is 0. The van der Waals surface area contributed by atoms with Crippen LogP contribution in [0.15, 0.2) is 22.9 Å². The SMILES string of the molecule is Cc1ccc(NC(=O)c2noc(C3CCCN3)n2)nc1. The van der Waals surface area contributed by atoms with Crippen molar-refractivity contribution in [2.24, 2.45) is 0 Å². The van der Waals surface area contributed by atoms with Crippen molar-refractivity contribution < 1.29 is 9.32 Å². The molecule has 3 heterocycles. The van der Waals surface area contributed by atoms with Crippen LogP contribution in [-0.4, -0.2) is 27.6 Å². The van der Waals surface area contributed by atoms with Crippen LogP contribution in [0.2, 0.25) is 0 Å². The minimum Gasteiger partial charge on any atom is -0.337 e. The van der Waals surface area contributed by atoms with Crippen molar-refractivity contribution in [3.8, 4) is 0 Å². The van der Waals surface area contributed by atoms with Crippen LogP contribution in [0.1, 0.15) is 41.0 Å². The summed E-state index contributed by atoms with van der Waals surface area (Å²) in [6.07, 6.45) is 3.70. The van der Waals surface area contributed by atoms with Crippen molar-refractivity contribution >= 4 is 11.7 Å². The molecule has 0 bridgehead atoms. The molecule has 1 atom stereocenters. The molecule has 2 aromatic heterocycles. The molecule has 7 nitrogen and oxygen atoms in total. The average Bonchev–Trinajstić information content (AvgIpc) is 3.11. The predicted molar refractivity (Wildman–Crippen MR) is 71.2 cm³/mol. The monoisotopic (exact) mass is 273 g/mol. The number of amides is 1. The molecule has 1 aliphatic rings. The molecule has 1 aliphatic heterocycles. The Hall–Kier alpha value is -2.28. The number of pyridine rings is 1. The van der Waals surface area contributed by atoms with E-state index in [0.717, 1.165) is 24.9 Å². The standard InChI is InChI=1S/C13H15N5O2/c1-8-4-5-10(15-7-8)16-12(19)11-17-13(20-18-11)9-3-2-6-14-9/h4-5,7,9,14H,2-3,6H2,1H3,(H,15,16,19).